The molecule has 2 aliphatic rings. The number of piperidine rings is 1. The van der Waals surface area contributed by atoms with Crippen LogP contribution in [0.25, 0.3) is 6.08 Å². The minimum Gasteiger partial charge on any atom is -0.376 e. The first kappa shape index (κ1) is 22.6. The molecule has 1 atom stereocenters. The third kappa shape index (κ3) is 6.47. The molecule has 2 saturated heterocycles. The third-order valence-electron chi connectivity index (χ3n) is 6.42. The molecule has 0 spiro atoms. The number of halogens is 1. The molecule has 0 N–H and O–H groups in total. The standard InChI is InChI=1S/C26H32FN3O2/c27-25-6-2-1-4-23(25)19-29-15-11-22(12-16-29)18-30(20-24-5-3-17-32-24)26(31)8-7-21-9-13-28-14-10-21/h1-2,4,6-10,13-14,22,24H,3,5,11-12,15-20H2/b8-7+/t24-/m0/s1. The van der Waals surface area contributed by atoms with Crippen LogP contribution >= 0.6 is 0 Å². The molecule has 0 radical (unpaired) electrons. The number of pyridine rings is 1. The maximum absolute atomic E-state index is 14.0. The van der Waals surface area contributed by atoms with E-state index in [9.17, 15) is 9.18 Å². The van der Waals surface area contributed by atoms with Gasteiger partial charge >= 0.3 is 0 Å². The van der Waals surface area contributed by atoms with Gasteiger partial charge in [0.05, 0.1) is 6.10 Å². The van der Waals surface area contributed by atoms with Gasteiger partial charge in [-0.2, -0.15) is 0 Å². The van der Waals surface area contributed by atoms with Gasteiger partial charge < -0.3 is 9.64 Å². The second kappa shape index (κ2) is 11.3. The van der Waals surface area contributed by atoms with Crippen LogP contribution in [0.5, 0.6) is 0 Å². The number of benzene rings is 1. The van der Waals surface area contributed by atoms with E-state index in [1.165, 1.54) is 6.07 Å². The summed E-state index contributed by atoms with van der Waals surface area (Å²) in [5, 5.41) is 0. The zero-order valence-electron chi connectivity index (χ0n) is 18.5. The summed E-state index contributed by atoms with van der Waals surface area (Å²) in [5.74, 6) is 0.349. The van der Waals surface area contributed by atoms with E-state index in [4.69, 9.17) is 4.74 Å². The summed E-state index contributed by atoms with van der Waals surface area (Å²) >= 11 is 0. The maximum atomic E-state index is 14.0. The monoisotopic (exact) mass is 437 g/mol. The molecule has 1 aromatic heterocycles. The van der Waals surface area contributed by atoms with Crippen molar-refractivity contribution in [3.05, 3.63) is 71.8 Å². The number of likely N-dealkylation sites (tertiary alicyclic amines) is 1. The minimum atomic E-state index is -0.135. The Morgan fingerprint density at radius 2 is 1.91 bits per heavy atom. The van der Waals surface area contributed by atoms with Crippen LogP contribution in [0.3, 0.4) is 0 Å². The number of nitrogens with zero attached hydrogens (tertiary/aromatic N) is 3. The quantitative estimate of drug-likeness (QED) is 0.582. The summed E-state index contributed by atoms with van der Waals surface area (Å²) < 4.78 is 19.8. The number of rotatable bonds is 8. The van der Waals surface area contributed by atoms with Gasteiger partial charge in [0, 0.05) is 50.3 Å². The van der Waals surface area contributed by atoms with Crippen molar-refractivity contribution < 1.29 is 13.9 Å². The predicted molar refractivity (Wildman–Crippen MR) is 123 cm³/mol. The van der Waals surface area contributed by atoms with E-state index in [0.29, 0.717) is 19.0 Å². The molecule has 2 aromatic rings. The molecule has 5 nitrogen and oxygen atoms in total. The van der Waals surface area contributed by atoms with Gasteiger partial charge in [0.2, 0.25) is 5.91 Å². The number of aromatic nitrogens is 1. The van der Waals surface area contributed by atoms with Gasteiger partial charge in [0.1, 0.15) is 5.82 Å². The van der Waals surface area contributed by atoms with Crippen LogP contribution in [0.15, 0.2) is 54.9 Å². The first-order chi connectivity index (χ1) is 15.7. The fraction of sp³-hybridized carbons (Fsp3) is 0.462. The fourth-order valence-corrected chi connectivity index (χ4v) is 4.54. The second-order valence-corrected chi connectivity index (χ2v) is 8.80. The van der Waals surface area contributed by atoms with Crippen LogP contribution in [-0.2, 0) is 16.1 Å². The maximum Gasteiger partial charge on any atom is 0.246 e. The van der Waals surface area contributed by atoms with Crippen molar-refractivity contribution in [3.8, 4) is 0 Å². The van der Waals surface area contributed by atoms with Crippen LogP contribution < -0.4 is 0 Å². The molecule has 6 heteroatoms. The number of ether oxygens (including phenoxy) is 1. The molecule has 0 bridgehead atoms. The molecule has 3 heterocycles. The van der Waals surface area contributed by atoms with Crippen molar-refractivity contribution >= 4 is 12.0 Å². The molecule has 1 amide bonds. The summed E-state index contributed by atoms with van der Waals surface area (Å²) in [6.45, 7) is 4.67. The van der Waals surface area contributed by atoms with Gasteiger partial charge in [-0.15, -0.1) is 0 Å². The molecule has 32 heavy (non-hydrogen) atoms. The van der Waals surface area contributed by atoms with Crippen LogP contribution in [0.4, 0.5) is 4.39 Å². The fourth-order valence-electron chi connectivity index (χ4n) is 4.54. The van der Waals surface area contributed by atoms with E-state index in [0.717, 1.165) is 63.1 Å². The molecule has 0 aliphatic carbocycles. The highest BCUT2D eigenvalue weighted by atomic mass is 19.1. The molecular weight excluding hydrogens is 405 g/mol. The highest BCUT2D eigenvalue weighted by molar-refractivity contribution is 5.91. The molecule has 2 fully saturated rings. The molecule has 1 aromatic carbocycles. The summed E-state index contributed by atoms with van der Waals surface area (Å²) in [7, 11) is 0. The number of hydrogen-bond acceptors (Lipinski definition) is 4. The first-order valence-corrected chi connectivity index (χ1v) is 11.6. The number of carbonyl (C=O) groups is 1. The summed E-state index contributed by atoms with van der Waals surface area (Å²) in [5.41, 5.74) is 1.72. The lowest BCUT2D eigenvalue weighted by Crippen LogP contribution is -2.43. The van der Waals surface area contributed by atoms with Gasteiger partial charge in [-0.05, 0) is 74.5 Å². The average molecular weight is 438 g/mol. The SMILES string of the molecule is O=C(/C=C/c1ccncc1)N(CC1CCN(Cc2ccccc2F)CC1)C[C@@H]1CCCO1. The van der Waals surface area contributed by atoms with Crippen molar-refractivity contribution in [1.29, 1.82) is 0 Å². The summed E-state index contributed by atoms with van der Waals surface area (Å²) in [4.78, 5) is 21.3. The van der Waals surface area contributed by atoms with Crippen molar-refractivity contribution in [2.75, 3.05) is 32.8 Å². The van der Waals surface area contributed by atoms with Gasteiger partial charge in [-0.25, -0.2) is 4.39 Å². The zero-order valence-corrected chi connectivity index (χ0v) is 18.5. The van der Waals surface area contributed by atoms with Crippen molar-refractivity contribution in [3.63, 3.8) is 0 Å². The van der Waals surface area contributed by atoms with Crippen molar-refractivity contribution in [2.45, 2.75) is 38.3 Å². The molecule has 2 aliphatic heterocycles. The second-order valence-electron chi connectivity index (χ2n) is 8.80. The minimum absolute atomic E-state index is 0.0334. The third-order valence-corrected chi connectivity index (χ3v) is 6.42. The lowest BCUT2D eigenvalue weighted by atomic mass is 9.95. The van der Waals surface area contributed by atoms with Gasteiger partial charge in [0.15, 0.2) is 0 Å². The van der Waals surface area contributed by atoms with E-state index in [1.54, 1.807) is 24.5 Å². The molecule has 170 valence electrons. The van der Waals surface area contributed by atoms with E-state index in [2.05, 4.69) is 9.88 Å². The zero-order chi connectivity index (χ0) is 22.2. The van der Waals surface area contributed by atoms with E-state index in [1.807, 2.05) is 35.2 Å². The molecule has 0 saturated carbocycles. The summed E-state index contributed by atoms with van der Waals surface area (Å²) in [6.07, 6.45) is 11.2. The van der Waals surface area contributed by atoms with Crippen molar-refractivity contribution in [2.24, 2.45) is 5.92 Å². The highest BCUT2D eigenvalue weighted by Gasteiger charge is 2.26. The van der Waals surface area contributed by atoms with Crippen LogP contribution in [-0.4, -0.2) is 59.6 Å². The molecule has 0 unspecified atom stereocenters. The Morgan fingerprint density at radius 1 is 1.12 bits per heavy atom. The van der Waals surface area contributed by atoms with Crippen LogP contribution in [0.1, 0.15) is 36.8 Å². The lowest BCUT2D eigenvalue weighted by molar-refractivity contribution is -0.128. The van der Waals surface area contributed by atoms with Gasteiger partial charge in [0.25, 0.3) is 0 Å². The van der Waals surface area contributed by atoms with E-state index < -0.39 is 0 Å². The van der Waals surface area contributed by atoms with Crippen LogP contribution in [0, 0.1) is 11.7 Å². The van der Waals surface area contributed by atoms with Gasteiger partial charge in [-0.1, -0.05) is 18.2 Å². The lowest BCUT2D eigenvalue weighted by Gasteiger charge is -2.35. The Balaban J connectivity index is 1.33. The highest BCUT2D eigenvalue weighted by Crippen LogP contribution is 2.22. The Kier molecular flexibility index (Phi) is 8.02. The predicted octanol–water partition coefficient (Wildman–Crippen LogP) is 4.15. The normalized spacial score (nSPS) is 20.1. The smallest absolute Gasteiger partial charge is 0.246 e. The van der Waals surface area contributed by atoms with Crippen molar-refractivity contribution in [1.82, 2.24) is 14.8 Å². The number of carbonyl (C=O) groups excluding carboxylic acids is 1. The topological polar surface area (TPSA) is 45.7 Å². The average Bonchev–Trinajstić information content (AvgIpc) is 3.34. The van der Waals surface area contributed by atoms with Gasteiger partial charge in [-0.3, -0.25) is 14.7 Å². The Hall–Kier alpha value is -2.57. The Morgan fingerprint density at radius 3 is 2.62 bits per heavy atom. The Bertz CT molecular complexity index is 891. The molecular formula is C26H32FN3O2. The van der Waals surface area contributed by atoms with Crippen LogP contribution in [0.2, 0.25) is 0 Å². The Labute approximate surface area is 189 Å². The largest absolute Gasteiger partial charge is 0.376 e. The number of hydrogen-bond donors (Lipinski definition) is 0. The van der Waals surface area contributed by atoms with E-state index >= 15 is 0 Å². The molecule has 4 rings (SSSR count). The number of amides is 1. The first-order valence-electron chi connectivity index (χ1n) is 11.6. The van der Waals surface area contributed by atoms with E-state index in [-0.39, 0.29) is 17.8 Å². The summed E-state index contributed by atoms with van der Waals surface area (Å²) in [6, 6.07) is 10.8.